The normalized spacial score (nSPS) is 12.7. The summed E-state index contributed by atoms with van der Waals surface area (Å²) in [6.07, 6.45) is 0. The highest BCUT2D eigenvalue weighted by Crippen LogP contribution is 2.27. The first-order valence-electron chi connectivity index (χ1n) is 3.95. The summed E-state index contributed by atoms with van der Waals surface area (Å²) >= 11 is 0. The maximum absolute atomic E-state index is 13.0. The van der Waals surface area contributed by atoms with Crippen LogP contribution in [-0.2, 0) is 4.79 Å². The van der Waals surface area contributed by atoms with Gasteiger partial charge in [-0.3, -0.25) is 0 Å². The van der Waals surface area contributed by atoms with E-state index in [4.69, 9.17) is 5.11 Å². The molecule has 0 aliphatic heterocycles. The molecule has 6 heteroatoms. The molecule has 1 rings (SSSR count). The minimum absolute atomic E-state index is 0. The molecule has 3 nitrogen and oxygen atoms in total. The zero-order valence-corrected chi connectivity index (χ0v) is 8.42. The van der Waals surface area contributed by atoms with Gasteiger partial charge in [-0.25, -0.2) is 4.79 Å². The molecule has 0 spiro atoms. The largest absolute Gasteiger partial charge is 1.00 e. The van der Waals surface area contributed by atoms with Crippen molar-refractivity contribution in [2.24, 2.45) is 0 Å². The molecular weight excluding hydrogens is 228 g/mol. The zero-order chi connectivity index (χ0) is 10.8. The van der Waals surface area contributed by atoms with Gasteiger partial charge in [0.1, 0.15) is 0 Å². The number of benzene rings is 1. The van der Waals surface area contributed by atoms with E-state index in [0.29, 0.717) is 0 Å². The van der Waals surface area contributed by atoms with Crippen LogP contribution in [0.3, 0.4) is 0 Å². The summed E-state index contributed by atoms with van der Waals surface area (Å²) < 4.78 is 25.9. The van der Waals surface area contributed by atoms with E-state index in [2.05, 4.69) is 5.73 Å². The van der Waals surface area contributed by atoms with Crippen molar-refractivity contribution >= 4 is 5.97 Å². The first kappa shape index (κ1) is 13.8. The van der Waals surface area contributed by atoms with Gasteiger partial charge in [0.2, 0.25) is 0 Å². The van der Waals surface area contributed by atoms with Gasteiger partial charge in [-0.05, 0) is 0 Å². The minimum Gasteiger partial charge on any atom is -1.00 e. The lowest BCUT2D eigenvalue weighted by atomic mass is 10.0. The van der Waals surface area contributed by atoms with Gasteiger partial charge in [0.15, 0.2) is 6.04 Å². The topological polar surface area (TPSA) is 64.9 Å². The van der Waals surface area contributed by atoms with Crippen LogP contribution in [0.2, 0.25) is 0 Å². The molecule has 15 heavy (non-hydrogen) atoms. The zero-order valence-electron chi connectivity index (χ0n) is 7.66. The number of halogens is 3. The number of carboxylic acid groups (broad SMARTS) is 1. The van der Waals surface area contributed by atoms with Gasteiger partial charge in [0.05, 0.1) is 0 Å². The Morgan fingerprint density at radius 1 is 1.33 bits per heavy atom. The van der Waals surface area contributed by atoms with Gasteiger partial charge in [-0.1, -0.05) is 30.3 Å². The second kappa shape index (κ2) is 5.04. The number of hydrogen-bond acceptors (Lipinski definition) is 1. The quantitative estimate of drug-likeness (QED) is 0.621. The molecule has 0 bridgehead atoms. The van der Waals surface area contributed by atoms with E-state index >= 15 is 0 Å². The summed E-state index contributed by atoms with van der Waals surface area (Å²) in [5.41, 5.74) is 3.38. The van der Waals surface area contributed by atoms with Crippen molar-refractivity contribution < 1.29 is 36.8 Å². The van der Waals surface area contributed by atoms with Gasteiger partial charge >= 0.3 is 11.9 Å². The van der Waals surface area contributed by atoms with E-state index in [1.54, 1.807) is 18.2 Å². The average molecular weight is 238 g/mol. The van der Waals surface area contributed by atoms with Crippen LogP contribution in [0, 0.1) is 0 Å². The molecule has 0 aliphatic carbocycles. The lowest BCUT2D eigenvalue weighted by molar-refractivity contribution is -0.463. The fourth-order valence-corrected chi connectivity index (χ4v) is 1.04. The molecule has 0 saturated heterocycles. The van der Waals surface area contributed by atoms with Crippen LogP contribution in [0.15, 0.2) is 30.3 Å². The average Bonchev–Trinajstić information content (AvgIpc) is 2.17. The summed E-state index contributed by atoms with van der Waals surface area (Å²) in [7, 11) is 0. The van der Waals surface area contributed by atoms with Crippen LogP contribution in [0.25, 0.3) is 0 Å². The van der Waals surface area contributed by atoms with Crippen molar-refractivity contribution in [2.75, 3.05) is 0 Å². The monoisotopic (exact) mass is 237 g/mol. The third kappa shape index (κ3) is 2.87. The van der Waals surface area contributed by atoms with Crippen LogP contribution >= 0.6 is 0 Å². The predicted octanol–water partition coefficient (Wildman–Crippen LogP) is -2.31. The molecule has 0 fully saturated rings. The minimum atomic E-state index is -3.83. The Bertz CT molecular complexity index is 332. The van der Waals surface area contributed by atoms with Gasteiger partial charge < -0.3 is 23.2 Å². The number of aliphatic carboxylic acids is 1. The number of quaternary nitrogens is 1. The van der Waals surface area contributed by atoms with E-state index in [-0.39, 0.29) is 18.0 Å². The molecular formula is C9H10ClF2NO2. The van der Waals surface area contributed by atoms with E-state index in [1.807, 2.05) is 0 Å². The summed E-state index contributed by atoms with van der Waals surface area (Å²) in [6, 6.07) is 6.07. The Balaban J connectivity index is 0.00000196. The van der Waals surface area contributed by atoms with Crippen molar-refractivity contribution in [3.05, 3.63) is 35.9 Å². The molecule has 0 amide bonds. The molecule has 0 heterocycles. The standard InChI is InChI=1S/C9H9F2NO2.ClH/c10-9(11,8(13)14)7(12)6-4-2-1-3-5-6;/h1-5,7H,12H2,(H,13,14);1H/t7-;/m0./s1. The van der Waals surface area contributed by atoms with E-state index < -0.39 is 17.9 Å². The third-order valence-electron chi connectivity index (χ3n) is 1.92. The van der Waals surface area contributed by atoms with Crippen molar-refractivity contribution in [1.29, 1.82) is 0 Å². The maximum atomic E-state index is 13.0. The molecule has 1 aromatic carbocycles. The van der Waals surface area contributed by atoms with E-state index in [1.165, 1.54) is 12.1 Å². The fourth-order valence-electron chi connectivity index (χ4n) is 1.04. The smallest absolute Gasteiger partial charge is 0.396 e. The Kier molecular flexibility index (Phi) is 4.64. The van der Waals surface area contributed by atoms with Gasteiger partial charge in [-0.2, -0.15) is 8.78 Å². The molecule has 1 aromatic rings. The van der Waals surface area contributed by atoms with Crippen LogP contribution in [0.5, 0.6) is 0 Å². The number of rotatable bonds is 3. The lowest BCUT2D eigenvalue weighted by Crippen LogP contribution is -3.00. The maximum Gasteiger partial charge on any atom is 0.396 e. The van der Waals surface area contributed by atoms with E-state index in [0.717, 1.165) is 0 Å². The molecule has 1 atom stereocenters. The summed E-state index contributed by atoms with van der Waals surface area (Å²) in [5, 5.41) is 8.28. The van der Waals surface area contributed by atoms with E-state index in [9.17, 15) is 13.6 Å². The molecule has 0 saturated carbocycles. The number of hydrogen-bond donors (Lipinski definition) is 2. The van der Waals surface area contributed by atoms with Gasteiger partial charge in [0, 0.05) is 5.56 Å². The third-order valence-corrected chi connectivity index (χ3v) is 1.92. The summed E-state index contributed by atoms with van der Waals surface area (Å²) in [6.45, 7) is 0. The second-order valence-electron chi connectivity index (χ2n) is 2.89. The first-order chi connectivity index (χ1) is 6.46. The van der Waals surface area contributed by atoms with Gasteiger partial charge in [0.25, 0.3) is 0 Å². The predicted molar refractivity (Wildman–Crippen MR) is 44.7 cm³/mol. The van der Waals surface area contributed by atoms with Crippen molar-refractivity contribution in [3.8, 4) is 0 Å². The Morgan fingerprint density at radius 2 is 1.80 bits per heavy atom. The van der Waals surface area contributed by atoms with Crippen LogP contribution < -0.4 is 18.1 Å². The SMILES string of the molecule is [Cl-].[NH3+][C@@H](c1ccccc1)C(F)(F)C(=O)O. The fraction of sp³-hybridized carbons (Fsp3) is 0.222. The molecule has 0 radical (unpaired) electrons. The highest BCUT2D eigenvalue weighted by molar-refractivity contribution is 5.76. The molecule has 0 aromatic heterocycles. The van der Waals surface area contributed by atoms with Crippen molar-refractivity contribution in [2.45, 2.75) is 12.0 Å². The summed E-state index contributed by atoms with van der Waals surface area (Å²) in [5.74, 6) is -5.98. The first-order valence-corrected chi connectivity index (χ1v) is 3.95. The Morgan fingerprint density at radius 3 is 2.20 bits per heavy atom. The summed E-state index contributed by atoms with van der Waals surface area (Å²) in [4.78, 5) is 10.2. The Labute approximate surface area is 91.3 Å². The number of carboxylic acids is 1. The molecule has 0 aliphatic rings. The highest BCUT2D eigenvalue weighted by atomic mass is 35.5. The number of alkyl halides is 2. The van der Waals surface area contributed by atoms with Crippen molar-refractivity contribution in [1.82, 2.24) is 0 Å². The number of carbonyl (C=O) groups is 1. The Hall–Kier alpha value is -1.20. The van der Waals surface area contributed by atoms with Crippen LogP contribution in [-0.4, -0.2) is 17.0 Å². The molecule has 84 valence electrons. The van der Waals surface area contributed by atoms with Crippen LogP contribution in [0.4, 0.5) is 8.78 Å². The lowest BCUT2D eigenvalue weighted by Gasteiger charge is -2.16. The van der Waals surface area contributed by atoms with Gasteiger partial charge in [-0.15, -0.1) is 0 Å². The molecule has 4 N–H and O–H groups in total. The second-order valence-corrected chi connectivity index (χ2v) is 2.89. The highest BCUT2D eigenvalue weighted by Gasteiger charge is 2.49. The van der Waals surface area contributed by atoms with Crippen molar-refractivity contribution in [3.63, 3.8) is 0 Å². The molecule has 0 unspecified atom stereocenters. The van der Waals surface area contributed by atoms with Crippen LogP contribution in [0.1, 0.15) is 11.6 Å².